The lowest BCUT2D eigenvalue weighted by Gasteiger charge is -2.13. The molecule has 2 aromatic carbocycles. The number of ether oxygens (including phenoxy) is 2. The molecule has 0 atom stereocenters. The summed E-state index contributed by atoms with van der Waals surface area (Å²) in [6, 6.07) is 10.3. The maximum absolute atomic E-state index is 12.5. The summed E-state index contributed by atoms with van der Waals surface area (Å²) in [5.41, 5.74) is 0.764. The number of hydrogen-bond donors (Lipinski definition) is 2. The van der Waals surface area contributed by atoms with Gasteiger partial charge in [-0.25, -0.2) is 0 Å². The number of anilines is 1. The van der Waals surface area contributed by atoms with Gasteiger partial charge in [-0.2, -0.15) is 13.2 Å². The maximum atomic E-state index is 12.5. The fourth-order valence-corrected chi connectivity index (χ4v) is 2.52. The van der Waals surface area contributed by atoms with Crippen molar-refractivity contribution in [2.75, 3.05) is 25.6 Å². The Bertz CT molecular complexity index is 897. The zero-order chi connectivity index (χ0) is 23.0. The maximum Gasteiger partial charge on any atom is 0.405 e. The lowest BCUT2D eigenvalue weighted by molar-refractivity contribution is -0.123. The molecule has 0 aromatic heterocycles. The van der Waals surface area contributed by atoms with Gasteiger partial charge in [0, 0.05) is 16.8 Å². The Morgan fingerprint density at radius 1 is 0.968 bits per heavy atom. The number of nitrogens with one attached hydrogen (secondary N) is 2. The van der Waals surface area contributed by atoms with Gasteiger partial charge in [0.05, 0.1) is 13.7 Å². The second-order valence-corrected chi connectivity index (χ2v) is 7.23. The first-order valence-electron chi connectivity index (χ1n) is 9.66. The van der Waals surface area contributed by atoms with Gasteiger partial charge in [-0.05, 0) is 54.8 Å². The van der Waals surface area contributed by atoms with Crippen LogP contribution in [0.25, 0.3) is 0 Å². The second kappa shape index (κ2) is 10.7. The van der Waals surface area contributed by atoms with Gasteiger partial charge in [-0.1, -0.05) is 13.8 Å². The van der Waals surface area contributed by atoms with E-state index in [0.29, 0.717) is 35.3 Å². The minimum absolute atomic E-state index is 0.0480. The minimum atomic E-state index is -4.49. The van der Waals surface area contributed by atoms with Gasteiger partial charge in [0.2, 0.25) is 0 Å². The van der Waals surface area contributed by atoms with Crippen molar-refractivity contribution in [3.63, 3.8) is 0 Å². The number of rotatable bonds is 9. The molecule has 0 saturated heterocycles. The van der Waals surface area contributed by atoms with Gasteiger partial charge in [0.15, 0.2) is 11.5 Å². The van der Waals surface area contributed by atoms with Crippen molar-refractivity contribution in [1.29, 1.82) is 0 Å². The molecule has 6 nitrogen and oxygen atoms in total. The minimum Gasteiger partial charge on any atom is -0.493 e. The summed E-state index contributed by atoms with van der Waals surface area (Å²) in [7, 11) is 1.48. The average Bonchev–Trinajstić information content (AvgIpc) is 2.71. The van der Waals surface area contributed by atoms with Crippen molar-refractivity contribution in [1.82, 2.24) is 5.32 Å². The van der Waals surface area contributed by atoms with Gasteiger partial charge in [-0.15, -0.1) is 0 Å². The third kappa shape index (κ3) is 7.84. The van der Waals surface area contributed by atoms with Crippen molar-refractivity contribution in [3.05, 3.63) is 53.6 Å². The standard InChI is InChI=1S/C22H25F3N2O4/c1-14(2)10-11-31-18-9-6-16(12-19(18)30-3)21(29)27-17-7-4-15(5-8-17)20(28)26-13-22(23,24)25/h4-9,12,14H,10-11,13H2,1-3H3,(H,26,28)(H,27,29). The monoisotopic (exact) mass is 438 g/mol. The molecule has 2 amide bonds. The number of hydrogen-bond acceptors (Lipinski definition) is 4. The van der Waals surface area contributed by atoms with E-state index in [-0.39, 0.29) is 5.56 Å². The van der Waals surface area contributed by atoms with Crippen LogP contribution in [-0.4, -0.2) is 38.3 Å². The highest BCUT2D eigenvalue weighted by molar-refractivity contribution is 6.05. The highest BCUT2D eigenvalue weighted by Crippen LogP contribution is 2.29. The van der Waals surface area contributed by atoms with Crippen LogP contribution in [0.3, 0.4) is 0 Å². The Labute approximate surface area is 178 Å². The summed E-state index contributed by atoms with van der Waals surface area (Å²) in [4.78, 5) is 24.3. The largest absolute Gasteiger partial charge is 0.493 e. The molecule has 0 saturated carbocycles. The number of methoxy groups -OCH3 is 1. The number of carbonyl (C=O) groups excluding carboxylic acids is 2. The topological polar surface area (TPSA) is 76.7 Å². The average molecular weight is 438 g/mol. The SMILES string of the molecule is COc1cc(C(=O)Nc2ccc(C(=O)NCC(F)(F)F)cc2)ccc1OCCC(C)C. The number of carbonyl (C=O) groups is 2. The van der Waals surface area contributed by atoms with Crippen LogP contribution in [0.2, 0.25) is 0 Å². The van der Waals surface area contributed by atoms with E-state index in [9.17, 15) is 22.8 Å². The molecule has 0 fully saturated rings. The van der Waals surface area contributed by atoms with Crippen LogP contribution in [0.15, 0.2) is 42.5 Å². The summed E-state index contributed by atoms with van der Waals surface area (Å²) < 4.78 is 47.6. The van der Waals surface area contributed by atoms with Gasteiger partial charge >= 0.3 is 6.18 Å². The molecule has 0 unspecified atom stereocenters. The Morgan fingerprint density at radius 2 is 1.61 bits per heavy atom. The Kier molecular flexibility index (Phi) is 8.30. The number of benzene rings is 2. The first-order chi connectivity index (χ1) is 14.6. The molecule has 2 rings (SSSR count). The number of halogens is 3. The van der Waals surface area contributed by atoms with Crippen LogP contribution in [0, 0.1) is 5.92 Å². The molecule has 2 aromatic rings. The summed E-state index contributed by atoms with van der Waals surface area (Å²) in [6.45, 7) is 3.30. The fraction of sp³-hybridized carbons (Fsp3) is 0.364. The number of amides is 2. The van der Waals surface area contributed by atoms with Gasteiger partial charge < -0.3 is 20.1 Å². The van der Waals surface area contributed by atoms with E-state index < -0.39 is 24.5 Å². The first-order valence-corrected chi connectivity index (χ1v) is 9.66. The van der Waals surface area contributed by atoms with E-state index in [4.69, 9.17) is 9.47 Å². The van der Waals surface area contributed by atoms with Crippen LogP contribution in [0.5, 0.6) is 11.5 Å². The zero-order valence-corrected chi connectivity index (χ0v) is 17.5. The van der Waals surface area contributed by atoms with E-state index in [1.807, 2.05) is 0 Å². The molecule has 0 aliphatic rings. The molecule has 0 radical (unpaired) electrons. The van der Waals surface area contributed by atoms with Crippen molar-refractivity contribution in [3.8, 4) is 11.5 Å². The van der Waals surface area contributed by atoms with Crippen LogP contribution >= 0.6 is 0 Å². The Hall–Kier alpha value is -3.23. The molecular weight excluding hydrogens is 413 g/mol. The molecule has 31 heavy (non-hydrogen) atoms. The van der Waals surface area contributed by atoms with E-state index in [1.165, 1.54) is 31.4 Å². The third-order valence-corrected chi connectivity index (χ3v) is 4.23. The molecule has 0 spiro atoms. The smallest absolute Gasteiger partial charge is 0.405 e. The van der Waals surface area contributed by atoms with Crippen LogP contribution in [-0.2, 0) is 0 Å². The van der Waals surface area contributed by atoms with E-state index in [1.54, 1.807) is 23.5 Å². The predicted octanol–water partition coefficient (Wildman–Crippen LogP) is 4.66. The van der Waals surface area contributed by atoms with Crippen molar-refractivity contribution in [2.45, 2.75) is 26.4 Å². The van der Waals surface area contributed by atoms with Crippen LogP contribution in [0.1, 0.15) is 41.0 Å². The van der Waals surface area contributed by atoms with Gasteiger partial charge in [-0.3, -0.25) is 9.59 Å². The molecular formula is C22H25F3N2O4. The van der Waals surface area contributed by atoms with Crippen molar-refractivity contribution in [2.24, 2.45) is 5.92 Å². The molecule has 9 heteroatoms. The number of alkyl halides is 3. The highest BCUT2D eigenvalue weighted by Gasteiger charge is 2.27. The quantitative estimate of drug-likeness (QED) is 0.597. The Balaban J connectivity index is 2.00. The summed E-state index contributed by atoms with van der Waals surface area (Å²) in [6.07, 6.45) is -3.60. The first kappa shape index (κ1) is 24.0. The van der Waals surface area contributed by atoms with Crippen LogP contribution in [0.4, 0.5) is 18.9 Å². The molecule has 2 N–H and O–H groups in total. The predicted molar refractivity (Wildman–Crippen MR) is 111 cm³/mol. The summed E-state index contributed by atoms with van der Waals surface area (Å²) in [5, 5.41) is 4.45. The molecule has 0 aliphatic heterocycles. The fourth-order valence-electron chi connectivity index (χ4n) is 2.52. The lowest BCUT2D eigenvalue weighted by atomic mass is 10.1. The zero-order valence-electron chi connectivity index (χ0n) is 17.5. The van der Waals surface area contributed by atoms with E-state index >= 15 is 0 Å². The summed E-state index contributed by atoms with van der Waals surface area (Å²) in [5.74, 6) is 0.189. The van der Waals surface area contributed by atoms with Crippen molar-refractivity contribution < 1.29 is 32.2 Å². The normalized spacial score (nSPS) is 11.2. The van der Waals surface area contributed by atoms with E-state index in [0.717, 1.165) is 6.42 Å². The van der Waals surface area contributed by atoms with Crippen molar-refractivity contribution >= 4 is 17.5 Å². The molecule has 0 bridgehead atoms. The summed E-state index contributed by atoms with van der Waals surface area (Å²) >= 11 is 0. The molecule has 168 valence electrons. The highest BCUT2D eigenvalue weighted by atomic mass is 19.4. The van der Waals surface area contributed by atoms with Gasteiger partial charge in [0.25, 0.3) is 11.8 Å². The lowest BCUT2D eigenvalue weighted by Crippen LogP contribution is -2.33. The second-order valence-electron chi connectivity index (χ2n) is 7.23. The molecule has 0 heterocycles. The third-order valence-electron chi connectivity index (χ3n) is 4.23. The van der Waals surface area contributed by atoms with Crippen LogP contribution < -0.4 is 20.1 Å². The Morgan fingerprint density at radius 3 is 2.19 bits per heavy atom. The van der Waals surface area contributed by atoms with E-state index in [2.05, 4.69) is 19.2 Å². The molecule has 0 aliphatic carbocycles. The van der Waals surface area contributed by atoms with Gasteiger partial charge in [0.1, 0.15) is 6.54 Å².